The molecule has 53 heavy (non-hydrogen) atoms. The maximum atomic E-state index is 8.49. The lowest BCUT2D eigenvalue weighted by atomic mass is 10.2. The van der Waals surface area contributed by atoms with Crippen LogP contribution in [0.2, 0.25) is 9.49 Å². The monoisotopic (exact) mass is 796 g/mol. The summed E-state index contributed by atoms with van der Waals surface area (Å²) in [5, 5.41) is 58.4. The summed E-state index contributed by atoms with van der Waals surface area (Å²) in [7, 11) is 0. The second kappa shape index (κ2) is 22.9. The highest BCUT2D eigenvalue weighted by Crippen LogP contribution is 2.26. The molecule has 0 saturated carbocycles. The van der Waals surface area contributed by atoms with Gasteiger partial charge in [-0.15, -0.1) is 34.0 Å². The predicted molar refractivity (Wildman–Crippen MR) is 199 cm³/mol. The van der Waals surface area contributed by atoms with E-state index in [4.69, 9.17) is 70.6 Å². The molecule has 0 saturated heterocycles. The molecule has 3 aromatic heterocycles. The minimum Gasteiger partial charge on any atom is -0.388 e. The first-order chi connectivity index (χ1) is 25.8. The maximum absolute atomic E-state index is 8.49. The highest BCUT2D eigenvalue weighted by Gasteiger charge is 2.07. The van der Waals surface area contributed by atoms with E-state index in [1.54, 1.807) is 48.7 Å². The molecule has 0 fully saturated rings. The Labute approximate surface area is 324 Å². The molecule has 0 aliphatic rings. The van der Waals surface area contributed by atoms with Gasteiger partial charge < -0.3 is 19.4 Å². The lowest BCUT2D eigenvalue weighted by Gasteiger charge is -1.96. The molecule has 260 valence electrons. The molecule has 5 aromatic rings. The van der Waals surface area contributed by atoms with E-state index in [9.17, 15) is 0 Å². The fraction of sp³-hybridized carbons (Fsp3) is 0.0909. The van der Waals surface area contributed by atoms with Crippen molar-refractivity contribution >= 4 is 74.5 Å². The van der Waals surface area contributed by atoms with Crippen LogP contribution in [-0.2, 0) is 34.3 Å². The van der Waals surface area contributed by atoms with Crippen LogP contribution < -0.4 is 0 Å². The van der Waals surface area contributed by atoms with Gasteiger partial charge in [-0.25, -0.2) is 20.2 Å². The van der Waals surface area contributed by atoms with Gasteiger partial charge in [0.05, 0.1) is 21.4 Å². The Balaban J connectivity index is 0.000000218. The zero-order valence-corrected chi connectivity index (χ0v) is 30.6. The second-order valence-corrected chi connectivity index (χ2v) is 12.9. The first kappa shape index (κ1) is 40.7. The number of rotatable bonds is 11. The molecule has 0 atom stereocenters. The third-order valence-electron chi connectivity index (χ3n) is 5.46. The van der Waals surface area contributed by atoms with Gasteiger partial charge in [0.1, 0.15) is 40.4 Å². The van der Waals surface area contributed by atoms with E-state index in [-0.39, 0.29) is 37.1 Å². The van der Waals surface area contributed by atoms with Gasteiger partial charge in [0, 0.05) is 33.1 Å². The number of halogens is 2. The van der Waals surface area contributed by atoms with Gasteiger partial charge >= 0.3 is 5.84 Å². The molecule has 2 aromatic carbocycles. The summed E-state index contributed by atoms with van der Waals surface area (Å²) < 4.78 is 0.415. The number of benzene rings is 2. The molecule has 15 nitrogen and oxygen atoms in total. The highest BCUT2D eigenvalue weighted by molar-refractivity contribution is 7.15. The summed E-state index contributed by atoms with van der Waals surface area (Å²) in [6, 6.07) is 25.2. The molecule has 0 N–H and O–H groups in total. The molecule has 0 aliphatic carbocycles. The van der Waals surface area contributed by atoms with Gasteiger partial charge in [-0.1, -0.05) is 82.6 Å². The molecule has 0 amide bonds. The summed E-state index contributed by atoms with van der Waals surface area (Å²) in [5.74, 6) is -0.333. The molecule has 0 aliphatic heterocycles. The van der Waals surface area contributed by atoms with Gasteiger partial charge in [-0.05, 0) is 12.1 Å². The predicted octanol–water partition coefficient (Wildman–Crippen LogP) is 8.18. The third kappa shape index (κ3) is 14.6. The van der Waals surface area contributed by atoms with Crippen molar-refractivity contribution in [1.82, 2.24) is 15.0 Å². The number of nitriles is 5. The van der Waals surface area contributed by atoms with Crippen molar-refractivity contribution in [2.45, 2.75) is 19.8 Å². The number of oxime groups is 3. The summed E-state index contributed by atoms with van der Waals surface area (Å²) in [6.45, 7) is 6.91. The first-order valence-electron chi connectivity index (χ1n) is 14.1. The number of thiazole rings is 3. The Morgan fingerprint density at radius 3 is 1.66 bits per heavy atom. The Kier molecular flexibility index (Phi) is 17.6. The second-order valence-electron chi connectivity index (χ2n) is 9.03. The summed E-state index contributed by atoms with van der Waals surface area (Å²) in [5.41, 5.74) is 2.76. The molecule has 0 unspecified atom stereocenters. The minimum atomic E-state index is -0.333. The van der Waals surface area contributed by atoms with Gasteiger partial charge in [0.25, 0.3) is 11.4 Å². The van der Waals surface area contributed by atoms with Gasteiger partial charge in [0.15, 0.2) is 24.3 Å². The average Bonchev–Trinajstić information content (AvgIpc) is 3.97. The fourth-order valence-electron chi connectivity index (χ4n) is 3.22. The van der Waals surface area contributed by atoms with Gasteiger partial charge in [0.2, 0.25) is 0 Å². The van der Waals surface area contributed by atoms with E-state index in [0.29, 0.717) is 20.9 Å². The van der Waals surface area contributed by atoms with Crippen LogP contribution in [0.4, 0.5) is 0 Å². The largest absolute Gasteiger partial charge is 0.392 e. The van der Waals surface area contributed by atoms with Crippen molar-refractivity contribution in [3.05, 3.63) is 109 Å². The molecular weight excluding hydrogens is 780 g/mol. The van der Waals surface area contributed by atoms with Crippen molar-refractivity contribution in [2.75, 3.05) is 0 Å². The van der Waals surface area contributed by atoms with Crippen LogP contribution in [0, 0.1) is 63.2 Å². The van der Waals surface area contributed by atoms with E-state index >= 15 is 0 Å². The SMILES string of the molecule is N#CC(C#N)=NOCc1csc(-c2ccc(Cl)cc2)n1.N#CC(C#N)=NOCc1csc(-c2ccccc2)n1.[C-]#[N+]/C(C#N)=N/OCc1cnc(Cl)s1. The van der Waals surface area contributed by atoms with Gasteiger partial charge in [-0.2, -0.15) is 21.0 Å². The summed E-state index contributed by atoms with van der Waals surface area (Å²) >= 11 is 15.6. The Bertz CT molecular complexity index is 2270. The quantitative estimate of drug-likeness (QED) is 0.0535. The molecule has 0 spiro atoms. The zero-order valence-electron chi connectivity index (χ0n) is 26.6. The fourth-order valence-corrected chi connectivity index (χ4v) is 5.85. The highest BCUT2D eigenvalue weighted by atomic mass is 35.5. The Morgan fingerprint density at radius 2 is 1.21 bits per heavy atom. The number of hydrogen-bond donors (Lipinski definition) is 0. The molecular formula is C33H18Cl2N12O3S3. The van der Waals surface area contributed by atoms with Gasteiger partial charge in [-0.3, -0.25) is 0 Å². The van der Waals surface area contributed by atoms with Crippen LogP contribution in [0.3, 0.4) is 0 Å². The van der Waals surface area contributed by atoms with Crippen molar-refractivity contribution in [3.8, 4) is 51.5 Å². The van der Waals surface area contributed by atoms with Crippen LogP contribution in [-0.4, -0.2) is 32.2 Å². The van der Waals surface area contributed by atoms with Crippen molar-refractivity contribution in [3.63, 3.8) is 0 Å². The van der Waals surface area contributed by atoms with E-state index < -0.39 is 0 Å². The summed E-state index contributed by atoms with van der Waals surface area (Å²) in [6.07, 6.45) is 1.55. The van der Waals surface area contributed by atoms with Crippen LogP contribution >= 0.6 is 57.2 Å². The zero-order chi connectivity index (χ0) is 38.3. The van der Waals surface area contributed by atoms with Crippen LogP contribution in [0.1, 0.15) is 16.3 Å². The maximum Gasteiger partial charge on any atom is 0.392 e. The van der Waals surface area contributed by atoms with E-state index in [2.05, 4.69) is 35.3 Å². The number of aromatic nitrogens is 3. The van der Waals surface area contributed by atoms with E-state index in [0.717, 1.165) is 26.0 Å². The van der Waals surface area contributed by atoms with Crippen LogP contribution in [0.25, 0.3) is 26.0 Å². The lowest BCUT2D eigenvalue weighted by Crippen LogP contribution is -1.93. The molecule has 20 heteroatoms. The number of amidine groups is 1. The van der Waals surface area contributed by atoms with Crippen molar-refractivity contribution in [2.24, 2.45) is 15.5 Å². The van der Waals surface area contributed by atoms with Crippen LogP contribution in [0.5, 0.6) is 0 Å². The summed E-state index contributed by atoms with van der Waals surface area (Å²) in [4.78, 5) is 30.7. The van der Waals surface area contributed by atoms with Crippen LogP contribution in [0.15, 0.2) is 87.0 Å². The number of nitrogens with zero attached hydrogens (tertiary/aromatic N) is 12. The minimum absolute atomic E-state index is 0.108. The molecule has 3 heterocycles. The first-order valence-corrected chi connectivity index (χ1v) is 17.4. The standard InChI is InChI=1S/C13H7ClN4OS.C13H8N4OS.C7H3ClN4OS/c14-10-3-1-9(2-4-10)13-17-12(8-20-13)7-19-18-11(5-15)6-16;14-6-11(7-15)17-18-8-12-9-19-13(16-12)10-4-2-1-3-5-10;1-10-6(2-9)12-13-4-5-3-11-7(8)14-5/h1-4,8H,7H2;1-5,9H,8H2;3H,4H2/b;;12-6+. The number of hydrogen-bond acceptors (Lipinski definition) is 17. The van der Waals surface area contributed by atoms with Crippen molar-refractivity contribution in [1.29, 1.82) is 26.3 Å². The topological polar surface area (TPSA) is 227 Å². The Morgan fingerprint density at radius 1 is 0.698 bits per heavy atom. The molecule has 5 rings (SSSR count). The smallest absolute Gasteiger partial charge is 0.388 e. The lowest BCUT2D eigenvalue weighted by molar-refractivity contribution is 0.129. The Hall–Kier alpha value is -6.74. The normalized spacial score (nSPS) is 9.55. The molecule has 0 bridgehead atoms. The van der Waals surface area contributed by atoms with E-state index in [1.165, 1.54) is 34.0 Å². The van der Waals surface area contributed by atoms with E-state index in [1.807, 2.05) is 53.2 Å². The average molecular weight is 798 g/mol. The third-order valence-corrected chi connectivity index (χ3v) is 8.69. The van der Waals surface area contributed by atoms with Crippen molar-refractivity contribution < 1.29 is 14.5 Å². The molecule has 0 radical (unpaired) electrons.